The third-order valence-corrected chi connectivity index (χ3v) is 5.18. The van der Waals surface area contributed by atoms with E-state index in [2.05, 4.69) is 15.6 Å². The lowest BCUT2D eigenvalue weighted by Gasteiger charge is -2.09. The molecular formula is C17H21N3O2S. The van der Waals surface area contributed by atoms with Gasteiger partial charge in [-0.1, -0.05) is 36.3 Å². The molecular weight excluding hydrogens is 310 g/mol. The van der Waals surface area contributed by atoms with Gasteiger partial charge in [0.25, 0.3) is 0 Å². The highest BCUT2D eigenvalue weighted by Gasteiger charge is 2.22. The van der Waals surface area contributed by atoms with Crippen molar-refractivity contribution in [3.63, 3.8) is 0 Å². The second kappa shape index (κ2) is 7.08. The van der Waals surface area contributed by atoms with Crippen LogP contribution in [-0.2, 0) is 9.59 Å². The van der Waals surface area contributed by atoms with Gasteiger partial charge < -0.3 is 10.6 Å². The topological polar surface area (TPSA) is 71.1 Å². The van der Waals surface area contributed by atoms with E-state index in [0.29, 0.717) is 11.7 Å². The van der Waals surface area contributed by atoms with E-state index in [1.807, 2.05) is 25.1 Å². The Bertz CT molecular complexity index is 720. The Morgan fingerprint density at radius 3 is 2.83 bits per heavy atom. The van der Waals surface area contributed by atoms with Gasteiger partial charge in [0.05, 0.1) is 10.2 Å². The number of anilines is 1. The zero-order chi connectivity index (χ0) is 16.2. The Balaban J connectivity index is 1.48. The molecule has 5 nitrogen and oxygen atoms in total. The lowest BCUT2D eigenvalue weighted by atomic mass is 10.1. The normalized spacial score (nSPS) is 15.0. The third-order valence-electron chi connectivity index (χ3n) is 4.24. The molecule has 1 aromatic carbocycles. The number of hydrogen-bond donors (Lipinski definition) is 2. The number of hydrogen-bond acceptors (Lipinski definition) is 4. The van der Waals surface area contributed by atoms with Crippen molar-refractivity contribution >= 4 is 38.5 Å². The molecule has 0 bridgehead atoms. The van der Waals surface area contributed by atoms with E-state index in [1.54, 1.807) is 0 Å². The second-order valence-corrected chi connectivity index (χ2v) is 7.04. The van der Waals surface area contributed by atoms with E-state index in [0.717, 1.165) is 41.5 Å². The fourth-order valence-electron chi connectivity index (χ4n) is 2.95. The fraction of sp³-hybridized carbons (Fsp3) is 0.471. The van der Waals surface area contributed by atoms with E-state index < -0.39 is 0 Å². The number of benzene rings is 1. The van der Waals surface area contributed by atoms with Crippen LogP contribution < -0.4 is 10.6 Å². The molecule has 1 saturated carbocycles. The van der Waals surface area contributed by atoms with Gasteiger partial charge in [0, 0.05) is 18.9 Å². The van der Waals surface area contributed by atoms with Crippen LogP contribution in [0.3, 0.4) is 0 Å². The van der Waals surface area contributed by atoms with E-state index in [-0.39, 0.29) is 24.2 Å². The summed E-state index contributed by atoms with van der Waals surface area (Å²) in [5.74, 6) is 0.115. The molecule has 2 N–H and O–H groups in total. The van der Waals surface area contributed by atoms with Crippen molar-refractivity contribution in [1.29, 1.82) is 0 Å². The van der Waals surface area contributed by atoms with Crippen molar-refractivity contribution in [3.8, 4) is 0 Å². The maximum atomic E-state index is 12.0. The molecule has 1 aliphatic rings. The molecule has 0 spiro atoms. The van der Waals surface area contributed by atoms with Crippen molar-refractivity contribution in [2.24, 2.45) is 5.92 Å². The Morgan fingerprint density at radius 1 is 1.30 bits per heavy atom. The smallest absolute Gasteiger partial charge is 0.227 e. The molecule has 1 heterocycles. The number of thiazole rings is 1. The second-order valence-electron chi connectivity index (χ2n) is 6.01. The van der Waals surface area contributed by atoms with Gasteiger partial charge in [-0.15, -0.1) is 0 Å². The lowest BCUT2D eigenvalue weighted by Crippen LogP contribution is -2.31. The molecule has 0 atom stereocenters. The van der Waals surface area contributed by atoms with E-state index >= 15 is 0 Å². The molecule has 2 amide bonds. The highest BCUT2D eigenvalue weighted by molar-refractivity contribution is 7.22. The molecule has 1 aromatic heterocycles. The summed E-state index contributed by atoms with van der Waals surface area (Å²) in [5, 5.41) is 6.29. The van der Waals surface area contributed by atoms with Gasteiger partial charge in [-0.25, -0.2) is 4.98 Å². The maximum Gasteiger partial charge on any atom is 0.227 e. The number of para-hydroxylation sites is 1. The lowest BCUT2D eigenvalue weighted by molar-refractivity contribution is -0.124. The SMILES string of the molecule is Cc1cccc2sc(NC(=O)CCNC(=O)C3CCCC3)nc12. The van der Waals surface area contributed by atoms with E-state index in [4.69, 9.17) is 0 Å². The van der Waals surface area contributed by atoms with Crippen LogP contribution in [0.25, 0.3) is 10.2 Å². The van der Waals surface area contributed by atoms with Gasteiger partial charge in [-0.05, 0) is 31.4 Å². The molecule has 1 fully saturated rings. The van der Waals surface area contributed by atoms with Crippen molar-refractivity contribution in [3.05, 3.63) is 23.8 Å². The van der Waals surface area contributed by atoms with Gasteiger partial charge in [0.15, 0.2) is 5.13 Å². The summed E-state index contributed by atoms with van der Waals surface area (Å²) in [4.78, 5) is 28.3. The summed E-state index contributed by atoms with van der Waals surface area (Å²) in [5.41, 5.74) is 2.03. The van der Waals surface area contributed by atoms with Crippen LogP contribution in [0.15, 0.2) is 18.2 Å². The fourth-order valence-corrected chi connectivity index (χ4v) is 3.91. The van der Waals surface area contributed by atoms with Crippen molar-refractivity contribution in [1.82, 2.24) is 10.3 Å². The average molecular weight is 331 g/mol. The van der Waals surface area contributed by atoms with Crippen LogP contribution in [0.1, 0.15) is 37.7 Å². The summed E-state index contributed by atoms with van der Waals surface area (Å²) >= 11 is 1.47. The minimum absolute atomic E-state index is 0.0888. The van der Waals surface area contributed by atoms with Gasteiger partial charge in [-0.2, -0.15) is 0 Å². The molecule has 0 unspecified atom stereocenters. The first-order valence-electron chi connectivity index (χ1n) is 8.07. The molecule has 0 aliphatic heterocycles. The van der Waals surface area contributed by atoms with Gasteiger partial charge >= 0.3 is 0 Å². The number of carbonyl (C=O) groups is 2. The summed E-state index contributed by atoms with van der Waals surface area (Å²) < 4.78 is 1.06. The third kappa shape index (κ3) is 3.88. The first-order valence-corrected chi connectivity index (χ1v) is 8.89. The predicted molar refractivity (Wildman–Crippen MR) is 92.6 cm³/mol. The largest absolute Gasteiger partial charge is 0.355 e. The molecule has 122 valence electrons. The molecule has 0 saturated heterocycles. The van der Waals surface area contributed by atoms with E-state index in [9.17, 15) is 9.59 Å². The van der Waals surface area contributed by atoms with Gasteiger partial charge in [0.2, 0.25) is 11.8 Å². The number of nitrogens with zero attached hydrogens (tertiary/aromatic N) is 1. The molecule has 0 radical (unpaired) electrons. The zero-order valence-corrected chi connectivity index (χ0v) is 14.0. The van der Waals surface area contributed by atoms with Crippen LogP contribution in [0.2, 0.25) is 0 Å². The Labute approximate surface area is 139 Å². The Morgan fingerprint density at radius 2 is 2.09 bits per heavy atom. The monoisotopic (exact) mass is 331 g/mol. The minimum atomic E-state index is -0.117. The minimum Gasteiger partial charge on any atom is -0.355 e. The zero-order valence-electron chi connectivity index (χ0n) is 13.2. The number of carbonyl (C=O) groups excluding carboxylic acids is 2. The number of rotatable bonds is 5. The number of fused-ring (bicyclic) bond motifs is 1. The van der Waals surface area contributed by atoms with Crippen LogP contribution >= 0.6 is 11.3 Å². The first-order chi connectivity index (χ1) is 11.1. The maximum absolute atomic E-state index is 12.0. The number of aryl methyl sites for hydroxylation is 1. The van der Waals surface area contributed by atoms with Crippen LogP contribution in [0.5, 0.6) is 0 Å². The number of nitrogens with one attached hydrogen (secondary N) is 2. The predicted octanol–water partition coefficient (Wildman–Crippen LogP) is 3.24. The first kappa shape index (κ1) is 15.9. The standard InChI is InChI=1S/C17H21N3O2S/c1-11-5-4-8-13-15(11)20-17(23-13)19-14(21)9-10-18-16(22)12-6-2-3-7-12/h4-5,8,12H,2-3,6-7,9-10H2,1H3,(H,18,22)(H,19,20,21). The number of amides is 2. The molecule has 1 aliphatic carbocycles. The van der Waals surface area contributed by atoms with Crippen molar-refractivity contribution < 1.29 is 9.59 Å². The van der Waals surface area contributed by atoms with Crippen LogP contribution in [-0.4, -0.2) is 23.3 Å². The summed E-state index contributed by atoms with van der Waals surface area (Å²) in [6.45, 7) is 2.39. The average Bonchev–Trinajstić information content (AvgIpc) is 3.16. The summed E-state index contributed by atoms with van der Waals surface area (Å²) in [6, 6.07) is 5.99. The van der Waals surface area contributed by atoms with Crippen LogP contribution in [0.4, 0.5) is 5.13 Å². The quantitative estimate of drug-likeness (QED) is 0.883. The van der Waals surface area contributed by atoms with Crippen molar-refractivity contribution in [2.75, 3.05) is 11.9 Å². The molecule has 23 heavy (non-hydrogen) atoms. The highest BCUT2D eigenvalue weighted by atomic mass is 32.1. The van der Waals surface area contributed by atoms with Crippen molar-refractivity contribution in [2.45, 2.75) is 39.0 Å². The molecule has 2 aromatic rings. The molecule has 6 heteroatoms. The highest BCUT2D eigenvalue weighted by Crippen LogP contribution is 2.28. The molecule has 3 rings (SSSR count). The Kier molecular flexibility index (Phi) is 4.91. The summed E-state index contributed by atoms with van der Waals surface area (Å²) in [6.07, 6.45) is 4.49. The van der Waals surface area contributed by atoms with Crippen LogP contribution in [0, 0.1) is 12.8 Å². The Hall–Kier alpha value is -1.95. The summed E-state index contributed by atoms with van der Waals surface area (Å²) in [7, 11) is 0. The number of aromatic nitrogens is 1. The van der Waals surface area contributed by atoms with Gasteiger partial charge in [-0.3, -0.25) is 9.59 Å². The van der Waals surface area contributed by atoms with Gasteiger partial charge in [0.1, 0.15) is 0 Å². The van der Waals surface area contributed by atoms with E-state index in [1.165, 1.54) is 11.3 Å².